The molecule has 0 aliphatic heterocycles. The molecule has 0 bridgehead atoms. The fourth-order valence-corrected chi connectivity index (χ4v) is 3.49. The van der Waals surface area contributed by atoms with Gasteiger partial charge in [-0.25, -0.2) is 9.50 Å². The number of aromatic nitrogens is 6. The summed E-state index contributed by atoms with van der Waals surface area (Å²) < 4.78 is 12.5. The van der Waals surface area contributed by atoms with Crippen LogP contribution in [0.1, 0.15) is 47.7 Å². The molecule has 4 rings (SSSR count). The van der Waals surface area contributed by atoms with Crippen molar-refractivity contribution in [1.82, 2.24) is 34.9 Å². The van der Waals surface area contributed by atoms with Gasteiger partial charge in [0.2, 0.25) is 17.6 Å². The minimum Gasteiger partial charge on any atom is -0.480 e. The van der Waals surface area contributed by atoms with Crippen LogP contribution >= 0.6 is 0 Å². The molecule has 0 spiro atoms. The van der Waals surface area contributed by atoms with Gasteiger partial charge in [0.25, 0.3) is 11.7 Å². The van der Waals surface area contributed by atoms with E-state index >= 15 is 0 Å². The highest BCUT2D eigenvalue weighted by Crippen LogP contribution is 2.23. The Morgan fingerprint density at radius 3 is 2.62 bits per heavy atom. The number of nitrogens with zero attached hydrogens (tertiary/aromatic N) is 6. The fourth-order valence-electron chi connectivity index (χ4n) is 3.49. The summed E-state index contributed by atoms with van der Waals surface area (Å²) in [7, 11) is 1.54. The van der Waals surface area contributed by atoms with E-state index in [-0.39, 0.29) is 23.9 Å². The number of hydrogen-bond donors (Lipinski definition) is 1. The summed E-state index contributed by atoms with van der Waals surface area (Å²) in [6, 6.07) is 1.96. The summed E-state index contributed by atoms with van der Waals surface area (Å²) >= 11 is 0. The smallest absolute Gasteiger partial charge is 0.291 e. The van der Waals surface area contributed by atoms with Crippen LogP contribution in [0.2, 0.25) is 0 Å². The predicted molar refractivity (Wildman–Crippen MR) is 103 cm³/mol. The standard InChI is InChI=1S/C19H23N7O3/c1-11-8-12(2)26-19(21-11)24-17(25-26)18(27)22-13-4-6-14(7-5-13)29-16-10-20-9-15(23-16)28-3/h8-10,13-14H,4-7H2,1-3H3,(H,22,27). The van der Waals surface area contributed by atoms with Crippen LogP contribution in [0.5, 0.6) is 11.8 Å². The van der Waals surface area contributed by atoms with Crippen LogP contribution in [0.15, 0.2) is 18.5 Å². The number of aryl methyl sites for hydroxylation is 2. The quantitative estimate of drug-likeness (QED) is 0.691. The van der Waals surface area contributed by atoms with Crippen LogP contribution in [0.3, 0.4) is 0 Å². The molecular formula is C19H23N7O3. The first kappa shape index (κ1) is 19.0. The Bertz CT molecular complexity index is 1030. The van der Waals surface area contributed by atoms with Crippen molar-refractivity contribution in [2.75, 3.05) is 7.11 Å². The minimum atomic E-state index is -0.282. The molecule has 3 aromatic heterocycles. The van der Waals surface area contributed by atoms with E-state index in [1.54, 1.807) is 10.7 Å². The summed E-state index contributed by atoms with van der Waals surface area (Å²) in [5.41, 5.74) is 1.73. The number of amides is 1. The molecule has 1 aliphatic carbocycles. The Morgan fingerprint density at radius 2 is 1.86 bits per heavy atom. The zero-order valence-corrected chi connectivity index (χ0v) is 16.6. The highest BCUT2D eigenvalue weighted by Gasteiger charge is 2.26. The maximum atomic E-state index is 12.6. The van der Waals surface area contributed by atoms with Crippen molar-refractivity contribution in [2.24, 2.45) is 0 Å². The van der Waals surface area contributed by atoms with Crippen LogP contribution in [-0.4, -0.2) is 54.7 Å². The number of carbonyl (C=O) groups excluding carboxylic acids is 1. The molecule has 152 valence electrons. The molecule has 1 amide bonds. The summed E-state index contributed by atoms with van der Waals surface area (Å²) in [5.74, 6) is 1.16. The van der Waals surface area contributed by atoms with Crippen molar-refractivity contribution in [3.8, 4) is 11.8 Å². The molecule has 1 fully saturated rings. The highest BCUT2D eigenvalue weighted by molar-refractivity contribution is 5.91. The fraction of sp³-hybridized carbons (Fsp3) is 0.474. The van der Waals surface area contributed by atoms with E-state index in [2.05, 4.69) is 30.4 Å². The molecule has 1 saturated carbocycles. The number of carbonyl (C=O) groups is 1. The molecule has 0 radical (unpaired) electrons. The van der Waals surface area contributed by atoms with Gasteiger partial charge in [-0.2, -0.15) is 9.97 Å². The van der Waals surface area contributed by atoms with Crippen molar-refractivity contribution in [3.05, 3.63) is 35.7 Å². The zero-order chi connectivity index (χ0) is 20.4. The van der Waals surface area contributed by atoms with E-state index in [0.29, 0.717) is 17.5 Å². The second kappa shape index (κ2) is 7.98. The third kappa shape index (κ3) is 4.25. The van der Waals surface area contributed by atoms with E-state index in [4.69, 9.17) is 9.47 Å². The molecule has 1 N–H and O–H groups in total. The second-order valence-corrected chi connectivity index (χ2v) is 7.15. The van der Waals surface area contributed by atoms with Crippen molar-refractivity contribution >= 4 is 11.7 Å². The molecule has 0 aromatic carbocycles. The molecule has 0 atom stereocenters. The number of methoxy groups -OCH3 is 1. The lowest BCUT2D eigenvalue weighted by Crippen LogP contribution is -2.40. The maximum Gasteiger partial charge on any atom is 0.291 e. The van der Waals surface area contributed by atoms with Crippen molar-refractivity contribution in [2.45, 2.75) is 51.7 Å². The Labute approximate surface area is 167 Å². The SMILES string of the molecule is COc1cncc(OC2CCC(NC(=O)c3nc4nc(C)cc(C)n4n3)CC2)n1. The Hall–Kier alpha value is -3.30. The molecule has 10 nitrogen and oxygen atoms in total. The lowest BCUT2D eigenvalue weighted by molar-refractivity contribution is 0.0879. The monoisotopic (exact) mass is 397 g/mol. The molecule has 10 heteroatoms. The number of rotatable bonds is 5. The van der Waals surface area contributed by atoms with Gasteiger partial charge in [-0.15, -0.1) is 5.10 Å². The van der Waals surface area contributed by atoms with Crippen LogP contribution in [-0.2, 0) is 0 Å². The first-order chi connectivity index (χ1) is 14.0. The maximum absolute atomic E-state index is 12.6. The van der Waals surface area contributed by atoms with Gasteiger partial charge in [0.1, 0.15) is 6.10 Å². The van der Waals surface area contributed by atoms with E-state index in [9.17, 15) is 4.79 Å². The summed E-state index contributed by atoms with van der Waals surface area (Å²) in [5, 5.41) is 7.31. The van der Waals surface area contributed by atoms with Crippen LogP contribution in [0.25, 0.3) is 5.78 Å². The van der Waals surface area contributed by atoms with Gasteiger partial charge in [-0.05, 0) is 45.6 Å². The average Bonchev–Trinajstić information content (AvgIpc) is 3.14. The van der Waals surface area contributed by atoms with E-state index in [1.165, 1.54) is 13.3 Å². The van der Waals surface area contributed by atoms with Gasteiger partial charge >= 0.3 is 0 Å². The Kier molecular flexibility index (Phi) is 5.24. The van der Waals surface area contributed by atoms with E-state index in [0.717, 1.165) is 37.1 Å². The van der Waals surface area contributed by atoms with Crippen molar-refractivity contribution < 1.29 is 14.3 Å². The topological polar surface area (TPSA) is 116 Å². The summed E-state index contributed by atoms with van der Waals surface area (Å²) in [6.07, 6.45) is 6.36. The molecule has 29 heavy (non-hydrogen) atoms. The van der Waals surface area contributed by atoms with Crippen molar-refractivity contribution in [3.63, 3.8) is 0 Å². The largest absolute Gasteiger partial charge is 0.480 e. The zero-order valence-electron chi connectivity index (χ0n) is 16.6. The first-order valence-electron chi connectivity index (χ1n) is 9.56. The Balaban J connectivity index is 1.33. The highest BCUT2D eigenvalue weighted by atomic mass is 16.5. The number of hydrogen-bond acceptors (Lipinski definition) is 8. The van der Waals surface area contributed by atoms with Gasteiger partial charge < -0.3 is 14.8 Å². The molecule has 3 heterocycles. The second-order valence-electron chi connectivity index (χ2n) is 7.15. The summed E-state index contributed by atoms with van der Waals surface area (Å²) in [4.78, 5) is 29.4. The number of fused-ring (bicyclic) bond motifs is 1. The van der Waals surface area contributed by atoms with Crippen LogP contribution in [0.4, 0.5) is 0 Å². The first-order valence-corrected chi connectivity index (χ1v) is 9.56. The van der Waals surface area contributed by atoms with Gasteiger partial charge in [-0.3, -0.25) is 9.78 Å². The molecular weight excluding hydrogens is 374 g/mol. The van der Waals surface area contributed by atoms with E-state index < -0.39 is 0 Å². The normalized spacial score (nSPS) is 19.1. The third-order valence-electron chi connectivity index (χ3n) is 4.92. The van der Waals surface area contributed by atoms with Crippen LogP contribution < -0.4 is 14.8 Å². The predicted octanol–water partition coefficient (Wildman–Crippen LogP) is 1.66. The number of ether oxygens (including phenoxy) is 2. The van der Waals surface area contributed by atoms with Crippen molar-refractivity contribution in [1.29, 1.82) is 0 Å². The van der Waals surface area contributed by atoms with Gasteiger partial charge in [0.15, 0.2) is 0 Å². The minimum absolute atomic E-state index is 0.0349. The summed E-state index contributed by atoms with van der Waals surface area (Å²) in [6.45, 7) is 3.80. The molecule has 1 aliphatic rings. The van der Waals surface area contributed by atoms with Gasteiger partial charge in [0.05, 0.1) is 19.5 Å². The molecule has 3 aromatic rings. The van der Waals surface area contributed by atoms with E-state index in [1.807, 2.05) is 19.9 Å². The Morgan fingerprint density at radius 1 is 1.10 bits per heavy atom. The lowest BCUT2D eigenvalue weighted by atomic mass is 9.93. The van der Waals surface area contributed by atoms with Gasteiger partial charge in [-0.1, -0.05) is 0 Å². The number of nitrogens with one attached hydrogen (secondary N) is 1. The molecule has 0 saturated heterocycles. The molecule has 0 unspecified atom stereocenters. The van der Waals surface area contributed by atoms with Crippen LogP contribution in [0, 0.1) is 13.8 Å². The average molecular weight is 397 g/mol. The lowest BCUT2D eigenvalue weighted by Gasteiger charge is -2.28. The third-order valence-corrected chi connectivity index (χ3v) is 4.92. The van der Waals surface area contributed by atoms with Gasteiger partial charge in [0, 0.05) is 17.4 Å².